The van der Waals surface area contributed by atoms with E-state index >= 15 is 0 Å². The molecule has 0 spiro atoms. The molecule has 3 aliphatic heterocycles. The van der Waals surface area contributed by atoms with E-state index in [9.17, 15) is 32.6 Å². The number of amides is 1. The first-order valence-corrected chi connectivity index (χ1v) is 13.7. The summed E-state index contributed by atoms with van der Waals surface area (Å²) in [6.45, 7) is 4.33. The summed E-state index contributed by atoms with van der Waals surface area (Å²) in [5.74, 6) is -2.86. The minimum atomic E-state index is -3.91. The molecule has 1 aromatic rings. The van der Waals surface area contributed by atoms with E-state index < -0.39 is 34.2 Å². The number of fused-ring (bicyclic) bond motifs is 1. The van der Waals surface area contributed by atoms with Crippen molar-refractivity contribution >= 4 is 33.8 Å². The van der Waals surface area contributed by atoms with Crippen LogP contribution in [-0.2, 0) is 26.3 Å². The highest BCUT2D eigenvalue weighted by Crippen LogP contribution is 2.52. The fourth-order valence-corrected chi connectivity index (χ4v) is 7.39. The Morgan fingerprint density at radius 3 is 2.71 bits per heavy atom. The molecule has 6 atom stereocenters. The summed E-state index contributed by atoms with van der Waals surface area (Å²) in [5.41, 5.74) is 0.683. The number of thioether (sulfide) groups is 1. The fourth-order valence-electron chi connectivity index (χ4n) is 5.37. The van der Waals surface area contributed by atoms with Crippen LogP contribution in [0.4, 0.5) is 4.39 Å². The van der Waals surface area contributed by atoms with E-state index in [1.807, 2.05) is 11.8 Å². The van der Waals surface area contributed by atoms with E-state index in [0.29, 0.717) is 24.4 Å². The quantitative estimate of drug-likeness (QED) is 0.337. The third kappa shape index (κ3) is 5.25. The molecule has 0 aromatic heterocycles. The lowest BCUT2D eigenvalue weighted by Gasteiger charge is -2.46. The number of hydrogen-bond donors (Lipinski definition) is 4. The molecular weight excluding hydrogens is 499 g/mol. The minimum Gasteiger partial charge on any atom is -0.477 e. The molecule has 0 saturated carbocycles. The number of nitrogens with two attached hydrogens (primary N) is 1. The number of benzene rings is 1. The predicted octanol–water partition coefficient (Wildman–Crippen LogP) is 0.449. The van der Waals surface area contributed by atoms with Crippen LogP contribution in [0.1, 0.15) is 25.8 Å². The largest absolute Gasteiger partial charge is 0.477 e. The van der Waals surface area contributed by atoms with E-state index in [0.717, 1.165) is 5.56 Å². The normalized spacial score (nSPS) is 29.9. The Morgan fingerprint density at radius 1 is 1.40 bits per heavy atom. The number of β-lactam (4-membered cyclic amide) rings is 1. The number of likely N-dealkylation sites (tertiary alicyclic amines) is 1. The van der Waals surface area contributed by atoms with Crippen LogP contribution >= 0.6 is 11.8 Å². The summed E-state index contributed by atoms with van der Waals surface area (Å²) in [7, 11) is -3.91. The number of aliphatic hydroxyl groups excluding tert-OH is 1. The zero-order valence-corrected chi connectivity index (χ0v) is 20.9. The second kappa shape index (κ2) is 9.79. The maximum Gasteiger partial charge on any atom is 0.353 e. The average Bonchev–Trinajstić information content (AvgIpc) is 3.22. The number of carbonyl (C=O) groups excluding carboxylic acids is 1. The van der Waals surface area contributed by atoms with Crippen LogP contribution < -0.4 is 9.86 Å². The molecule has 0 radical (unpaired) electrons. The topological polar surface area (TPSA) is 153 Å². The first kappa shape index (κ1) is 26.0. The Hall–Kier alpha value is -2.03. The van der Waals surface area contributed by atoms with Gasteiger partial charge < -0.3 is 15.1 Å². The van der Waals surface area contributed by atoms with Crippen molar-refractivity contribution in [1.82, 2.24) is 14.5 Å². The number of aliphatic carboxylic acids is 1. The van der Waals surface area contributed by atoms with Gasteiger partial charge in [0.1, 0.15) is 11.5 Å². The van der Waals surface area contributed by atoms with E-state index in [2.05, 4.69) is 4.72 Å². The number of carboxylic acid groups (broad SMARTS) is 1. The first-order chi connectivity index (χ1) is 16.4. The lowest BCUT2D eigenvalue weighted by atomic mass is 9.79. The zero-order chi connectivity index (χ0) is 25.7. The number of nitrogens with zero attached hydrogens (tertiary/aromatic N) is 2. The third-order valence-electron chi connectivity index (χ3n) is 6.89. The lowest BCUT2D eigenvalue weighted by Crippen LogP contribution is -2.63. The van der Waals surface area contributed by atoms with Gasteiger partial charge in [-0.25, -0.2) is 19.0 Å². The SMILES string of the molecule is C[C@@H](O)[C@H]1C(=O)N2C(C(=O)O)=C(S[C@H]3C[C@@H](CNS(N)(=O)=O)N(Cc4cccc(F)c4)C3)[C@H](C)[C@H]12. The van der Waals surface area contributed by atoms with Gasteiger partial charge in [0.15, 0.2) is 0 Å². The number of hydrogen-bond acceptors (Lipinski definition) is 7. The Kier molecular flexibility index (Phi) is 7.28. The molecule has 4 rings (SSSR count). The number of nitrogens with one attached hydrogen (secondary N) is 1. The fraction of sp³-hybridized carbons (Fsp3) is 0.545. The van der Waals surface area contributed by atoms with E-state index in [-0.39, 0.29) is 41.2 Å². The molecule has 1 aromatic carbocycles. The number of rotatable bonds is 9. The van der Waals surface area contributed by atoms with Crippen molar-refractivity contribution in [2.24, 2.45) is 17.0 Å². The summed E-state index contributed by atoms with van der Waals surface area (Å²) < 4.78 is 39.0. The van der Waals surface area contributed by atoms with Crippen LogP contribution in [0.25, 0.3) is 0 Å². The van der Waals surface area contributed by atoms with Crippen molar-refractivity contribution in [3.63, 3.8) is 0 Å². The van der Waals surface area contributed by atoms with Crippen LogP contribution in [0.5, 0.6) is 0 Å². The Labute approximate surface area is 207 Å². The first-order valence-electron chi connectivity index (χ1n) is 11.3. The highest BCUT2D eigenvalue weighted by molar-refractivity contribution is 8.03. The van der Waals surface area contributed by atoms with Gasteiger partial charge in [0.25, 0.3) is 10.2 Å². The molecule has 0 aliphatic carbocycles. The molecule has 5 N–H and O–H groups in total. The smallest absolute Gasteiger partial charge is 0.353 e. The van der Waals surface area contributed by atoms with Gasteiger partial charge in [0.05, 0.1) is 18.1 Å². The zero-order valence-electron chi connectivity index (χ0n) is 19.3. The van der Waals surface area contributed by atoms with Crippen molar-refractivity contribution in [2.45, 2.75) is 50.3 Å². The van der Waals surface area contributed by atoms with E-state index in [1.54, 1.807) is 12.1 Å². The van der Waals surface area contributed by atoms with Crippen LogP contribution in [0.2, 0.25) is 0 Å². The van der Waals surface area contributed by atoms with Gasteiger partial charge in [0.2, 0.25) is 5.91 Å². The molecule has 2 saturated heterocycles. The van der Waals surface area contributed by atoms with Crippen molar-refractivity contribution in [1.29, 1.82) is 0 Å². The minimum absolute atomic E-state index is 0.0443. The third-order valence-corrected chi connectivity index (χ3v) is 8.95. The van der Waals surface area contributed by atoms with Crippen molar-refractivity contribution < 1.29 is 32.6 Å². The number of carbonyl (C=O) groups is 2. The predicted molar refractivity (Wildman–Crippen MR) is 127 cm³/mol. The standard InChI is InChI=1S/C22H29FN4O6S2/c1-11-18-17(12(2)28)21(29)27(18)19(22(30)31)20(11)34-16-7-15(8-25-35(24,32)33)26(10-16)9-13-4-3-5-14(23)6-13/h3-6,11-12,15-18,25,28H,7-10H2,1-2H3,(H,30,31)(H2,24,32,33)/t11-,12-,15+,16+,17-,18-/m1/s1. The number of aliphatic hydroxyl groups is 1. The molecule has 13 heteroatoms. The molecule has 0 bridgehead atoms. The van der Waals surface area contributed by atoms with Crippen molar-refractivity contribution in [2.75, 3.05) is 13.1 Å². The summed E-state index contributed by atoms with van der Waals surface area (Å²) in [4.78, 5) is 28.6. The molecule has 10 nitrogen and oxygen atoms in total. The summed E-state index contributed by atoms with van der Waals surface area (Å²) in [6.07, 6.45) is -0.350. The Morgan fingerprint density at radius 2 is 2.11 bits per heavy atom. The molecule has 2 fully saturated rings. The van der Waals surface area contributed by atoms with Gasteiger partial charge in [-0.2, -0.15) is 8.42 Å². The van der Waals surface area contributed by atoms with Gasteiger partial charge in [-0.1, -0.05) is 19.1 Å². The second-order valence-electron chi connectivity index (χ2n) is 9.35. The Balaban J connectivity index is 1.55. The highest BCUT2D eigenvalue weighted by Gasteiger charge is 2.60. The molecule has 3 heterocycles. The van der Waals surface area contributed by atoms with Crippen LogP contribution in [0.3, 0.4) is 0 Å². The summed E-state index contributed by atoms with van der Waals surface area (Å²) >= 11 is 1.38. The van der Waals surface area contributed by atoms with Gasteiger partial charge in [-0.15, -0.1) is 11.8 Å². The van der Waals surface area contributed by atoms with Gasteiger partial charge >= 0.3 is 5.97 Å². The van der Waals surface area contributed by atoms with Crippen LogP contribution in [0, 0.1) is 17.7 Å². The van der Waals surface area contributed by atoms with Crippen molar-refractivity contribution in [3.05, 3.63) is 46.2 Å². The molecule has 0 unspecified atom stereocenters. The number of carboxylic acids is 1. The van der Waals surface area contributed by atoms with E-state index in [4.69, 9.17) is 5.14 Å². The van der Waals surface area contributed by atoms with Gasteiger partial charge in [-0.05, 0) is 31.0 Å². The molecule has 1 amide bonds. The second-order valence-corrected chi connectivity index (χ2v) is 12.1. The van der Waals surface area contributed by atoms with Gasteiger partial charge in [-0.3, -0.25) is 9.69 Å². The number of halogens is 1. The molecule has 3 aliphatic rings. The monoisotopic (exact) mass is 528 g/mol. The Bertz CT molecular complexity index is 1160. The summed E-state index contributed by atoms with van der Waals surface area (Å²) in [6, 6.07) is 5.50. The van der Waals surface area contributed by atoms with Gasteiger partial charge in [0, 0.05) is 41.7 Å². The maximum atomic E-state index is 13.7. The molecular formula is C22H29FN4O6S2. The molecule has 192 valence electrons. The van der Waals surface area contributed by atoms with Crippen LogP contribution in [-0.4, -0.2) is 76.8 Å². The molecule has 35 heavy (non-hydrogen) atoms. The highest BCUT2D eigenvalue weighted by atomic mass is 32.2. The summed E-state index contributed by atoms with van der Waals surface area (Å²) in [5, 5.41) is 24.9. The van der Waals surface area contributed by atoms with Crippen molar-refractivity contribution in [3.8, 4) is 0 Å². The maximum absolute atomic E-state index is 13.7. The van der Waals surface area contributed by atoms with E-state index in [1.165, 1.54) is 35.7 Å². The lowest BCUT2D eigenvalue weighted by molar-refractivity contribution is -0.163. The average molecular weight is 529 g/mol. The van der Waals surface area contributed by atoms with Crippen LogP contribution in [0.15, 0.2) is 34.9 Å².